The fourth-order valence-electron chi connectivity index (χ4n) is 3.79. The van der Waals surface area contributed by atoms with Gasteiger partial charge in [0.05, 0.1) is 15.6 Å². The maximum atomic E-state index is 13.7. The van der Waals surface area contributed by atoms with Gasteiger partial charge in [-0.25, -0.2) is 9.48 Å². The zero-order valence-electron chi connectivity index (χ0n) is 19.9. The van der Waals surface area contributed by atoms with E-state index in [1.165, 1.54) is 18.2 Å². The van der Waals surface area contributed by atoms with Crippen molar-refractivity contribution in [1.29, 1.82) is 0 Å². The van der Waals surface area contributed by atoms with Crippen LogP contribution in [0.15, 0.2) is 60.7 Å². The van der Waals surface area contributed by atoms with Crippen LogP contribution in [-0.4, -0.2) is 26.1 Å². The van der Waals surface area contributed by atoms with E-state index >= 15 is 0 Å². The minimum absolute atomic E-state index is 0.0731. The SMILES string of the molecule is Cc1cc(OCc2c(C(F)(F)F)nnn2-c2c(Cl)cccc2Cl)ccc1CNCc1cccc(C(=O)O)c1. The van der Waals surface area contributed by atoms with Crippen LogP contribution >= 0.6 is 23.2 Å². The minimum atomic E-state index is -4.76. The van der Waals surface area contributed by atoms with Gasteiger partial charge in [-0.2, -0.15) is 13.2 Å². The molecule has 1 heterocycles. The van der Waals surface area contributed by atoms with Crippen molar-refractivity contribution in [3.05, 3.63) is 104 Å². The predicted octanol–water partition coefficient (Wildman–Crippen LogP) is 6.47. The third kappa shape index (κ3) is 6.27. The molecule has 0 saturated heterocycles. The van der Waals surface area contributed by atoms with E-state index in [1.54, 1.807) is 36.4 Å². The van der Waals surface area contributed by atoms with Crippen LogP contribution in [-0.2, 0) is 25.9 Å². The Hall–Kier alpha value is -3.60. The van der Waals surface area contributed by atoms with Crippen molar-refractivity contribution in [2.75, 3.05) is 0 Å². The number of nitrogens with one attached hydrogen (secondary N) is 1. The number of para-hydroxylation sites is 1. The van der Waals surface area contributed by atoms with Crippen LogP contribution in [0.25, 0.3) is 5.69 Å². The molecule has 0 aliphatic rings. The second-order valence-corrected chi connectivity index (χ2v) is 9.17. The number of aromatic nitrogens is 3. The summed E-state index contributed by atoms with van der Waals surface area (Å²) in [5.74, 6) is -0.638. The van der Waals surface area contributed by atoms with Gasteiger partial charge in [0.15, 0.2) is 5.69 Å². The first-order valence-corrected chi connectivity index (χ1v) is 12.0. The van der Waals surface area contributed by atoms with Crippen LogP contribution in [0.3, 0.4) is 0 Å². The molecule has 7 nitrogen and oxygen atoms in total. The zero-order chi connectivity index (χ0) is 27.4. The highest BCUT2D eigenvalue weighted by Gasteiger charge is 2.39. The molecule has 0 spiro atoms. The minimum Gasteiger partial charge on any atom is -0.487 e. The summed E-state index contributed by atoms with van der Waals surface area (Å²) in [6.45, 7) is 2.32. The molecular formula is C26H21Cl2F3N4O3. The lowest BCUT2D eigenvalue weighted by Crippen LogP contribution is -2.15. The summed E-state index contributed by atoms with van der Waals surface area (Å²) in [5, 5.41) is 19.6. The van der Waals surface area contributed by atoms with Crippen LogP contribution in [0.2, 0.25) is 10.0 Å². The molecule has 38 heavy (non-hydrogen) atoms. The van der Waals surface area contributed by atoms with E-state index in [0.29, 0.717) is 18.8 Å². The van der Waals surface area contributed by atoms with Gasteiger partial charge < -0.3 is 15.2 Å². The van der Waals surface area contributed by atoms with Gasteiger partial charge >= 0.3 is 12.1 Å². The molecule has 0 bridgehead atoms. The molecule has 0 aliphatic heterocycles. The van der Waals surface area contributed by atoms with Gasteiger partial charge in [-0.15, -0.1) is 5.10 Å². The topological polar surface area (TPSA) is 89.3 Å². The number of aryl methyl sites for hydroxylation is 1. The lowest BCUT2D eigenvalue weighted by molar-refractivity contribution is -0.142. The Morgan fingerprint density at radius 1 is 1.05 bits per heavy atom. The monoisotopic (exact) mass is 564 g/mol. The summed E-state index contributed by atoms with van der Waals surface area (Å²) in [7, 11) is 0. The lowest BCUT2D eigenvalue weighted by atomic mass is 10.1. The normalized spacial score (nSPS) is 11.5. The van der Waals surface area contributed by atoms with Crippen LogP contribution < -0.4 is 10.1 Å². The Labute approximate surface area is 225 Å². The molecular weight excluding hydrogens is 544 g/mol. The first-order chi connectivity index (χ1) is 18.0. The first kappa shape index (κ1) is 27.4. The summed E-state index contributed by atoms with van der Waals surface area (Å²) < 4.78 is 47.6. The van der Waals surface area contributed by atoms with Gasteiger partial charge in [0, 0.05) is 13.1 Å². The molecule has 0 unspecified atom stereocenters. The number of carboxylic acid groups (broad SMARTS) is 1. The Morgan fingerprint density at radius 3 is 2.42 bits per heavy atom. The molecule has 2 N–H and O–H groups in total. The second-order valence-electron chi connectivity index (χ2n) is 8.35. The highest BCUT2D eigenvalue weighted by Crippen LogP contribution is 2.35. The summed E-state index contributed by atoms with van der Waals surface area (Å²) in [6, 6.07) is 16.3. The average molecular weight is 565 g/mol. The fraction of sp³-hybridized carbons (Fsp3) is 0.192. The molecule has 4 rings (SSSR count). The molecule has 3 aromatic carbocycles. The van der Waals surface area contributed by atoms with Gasteiger partial charge in [0.2, 0.25) is 0 Å². The number of hydrogen-bond donors (Lipinski definition) is 2. The lowest BCUT2D eigenvalue weighted by Gasteiger charge is -2.14. The number of benzene rings is 3. The summed E-state index contributed by atoms with van der Waals surface area (Å²) in [6.07, 6.45) is -4.76. The van der Waals surface area contributed by atoms with Crippen LogP contribution in [0, 0.1) is 6.92 Å². The van der Waals surface area contributed by atoms with E-state index in [-0.39, 0.29) is 27.0 Å². The van der Waals surface area contributed by atoms with E-state index in [4.69, 9.17) is 33.0 Å². The van der Waals surface area contributed by atoms with E-state index in [1.807, 2.05) is 13.0 Å². The molecule has 0 fully saturated rings. The highest BCUT2D eigenvalue weighted by atomic mass is 35.5. The van der Waals surface area contributed by atoms with Gasteiger partial charge in [0.25, 0.3) is 0 Å². The summed E-state index contributed by atoms with van der Waals surface area (Å²) in [5.41, 5.74) is 1.36. The number of carboxylic acids is 1. The number of aromatic carboxylic acids is 1. The van der Waals surface area contributed by atoms with Crippen molar-refractivity contribution in [3.63, 3.8) is 0 Å². The van der Waals surface area contributed by atoms with Crippen molar-refractivity contribution in [1.82, 2.24) is 20.3 Å². The van der Waals surface area contributed by atoms with Crippen LogP contribution in [0.5, 0.6) is 5.75 Å². The largest absolute Gasteiger partial charge is 0.487 e. The molecule has 198 valence electrons. The molecule has 4 aromatic rings. The molecule has 0 radical (unpaired) electrons. The van der Waals surface area contributed by atoms with Crippen LogP contribution in [0.4, 0.5) is 13.2 Å². The van der Waals surface area contributed by atoms with Gasteiger partial charge in [0.1, 0.15) is 23.7 Å². The Balaban J connectivity index is 1.48. The van der Waals surface area contributed by atoms with Gasteiger partial charge in [-0.3, -0.25) is 0 Å². The van der Waals surface area contributed by atoms with Crippen molar-refractivity contribution in [2.24, 2.45) is 0 Å². The fourth-order valence-corrected chi connectivity index (χ4v) is 4.34. The van der Waals surface area contributed by atoms with E-state index in [0.717, 1.165) is 21.4 Å². The maximum Gasteiger partial charge on any atom is 0.437 e. The highest BCUT2D eigenvalue weighted by molar-refractivity contribution is 6.37. The van der Waals surface area contributed by atoms with E-state index < -0.39 is 24.4 Å². The van der Waals surface area contributed by atoms with Crippen molar-refractivity contribution < 1.29 is 27.8 Å². The number of ether oxygens (including phenoxy) is 1. The standard InChI is InChI=1S/C26H21Cl2F3N4O3/c1-15-10-19(9-8-18(15)13-32-12-16-4-2-5-17(11-16)25(36)37)38-14-22-24(26(29,30)31)33-34-35(22)23-20(27)6-3-7-21(23)28/h2-11,32H,12-14H2,1H3,(H,36,37). The Kier molecular flexibility index (Phi) is 8.25. The summed E-state index contributed by atoms with van der Waals surface area (Å²) >= 11 is 12.4. The molecule has 0 saturated carbocycles. The zero-order valence-corrected chi connectivity index (χ0v) is 21.4. The second kappa shape index (κ2) is 11.4. The average Bonchev–Trinajstić information content (AvgIpc) is 3.28. The number of halogens is 5. The Bertz CT molecular complexity index is 1450. The van der Waals surface area contributed by atoms with Crippen molar-refractivity contribution >= 4 is 29.2 Å². The molecule has 0 aliphatic carbocycles. The number of hydrogen-bond acceptors (Lipinski definition) is 5. The van der Waals surface area contributed by atoms with Gasteiger partial charge in [-0.1, -0.05) is 52.7 Å². The third-order valence-electron chi connectivity index (χ3n) is 5.69. The van der Waals surface area contributed by atoms with Gasteiger partial charge in [-0.05, 0) is 60.0 Å². The van der Waals surface area contributed by atoms with E-state index in [9.17, 15) is 18.0 Å². The van der Waals surface area contributed by atoms with Crippen molar-refractivity contribution in [3.8, 4) is 11.4 Å². The van der Waals surface area contributed by atoms with E-state index in [2.05, 4.69) is 15.6 Å². The number of nitrogens with zero attached hydrogens (tertiary/aromatic N) is 3. The molecule has 1 aromatic heterocycles. The number of alkyl halides is 3. The first-order valence-electron chi connectivity index (χ1n) is 11.3. The quantitative estimate of drug-likeness (QED) is 0.242. The molecule has 0 atom stereocenters. The smallest absolute Gasteiger partial charge is 0.437 e. The maximum absolute atomic E-state index is 13.7. The van der Waals surface area contributed by atoms with Crippen LogP contribution in [0.1, 0.15) is 38.4 Å². The van der Waals surface area contributed by atoms with Crippen molar-refractivity contribution in [2.45, 2.75) is 32.8 Å². The Morgan fingerprint density at radius 2 is 1.76 bits per heavy atom. The summed E-state index contributed by atoms with van der Waals surface area (Å²) in [4.78, 5) is 11.1. The number of carbonyl (C=O) groups is 1. The number of rotatable bonds is 9. The molecule has 0 amide bonds. The molecule has 12 heteroatoms. The predicted molar refractivity (Wildman–Crippen MR) is 136 cm³/mol. The third-order valence-corrected chi connectivity index (χ3v) is 6.30.